The molecule has 1 amide bonds. The highest BCUT2D eigenvalue weighted by Crippen LogP contribution is 2.22. The van der Waals surface area contributed by atoms with E-state index in [1.165, 1.54) is 0 Å². The van der Waals surface area contributed by atoms with E-state index in [4.69, 9.17) is 11.2 Å². The second-order valence-electron chi connectivity index (χ2n) is 4.99. The van der Waals surface area contributed by atoms with Crippen LogP contribution in [0.15, 0.2) is 48.7 Å². The van der Waals surface area contributed by atoms with Crippen molar-refractivity contribution in [2.45, 2.75) is 19.4 Å². The Morgan fingerprint density at radius 3 is 2.62 bits per heavy atom. The number of nitrogens with zero attached hydrogens (tertiary/aromatic N) is 1. The van der Waals surface area contributed by atoms with Crippen molar-refractivity contribution in [3.8, 4) is 24.0 Å². The molecule has 0 radical (unpaired) electrons. The van der Waals surface area contributed by atoms with E-state index in [1.807, 2.05) is 18.2 Å². The highest BCUT2D eigenvalue weighted by molar-refractivity contribution is 5.97. The molecule has 4 nitrogen and oxygen atoms in total. The van der Waals surface area contributed by atoms with Crippen LogP contribution in [-0.4, -0.2) is 16.4 Å². The molecule has 4 heteroatoms. The van der Waals surface area contributed by atoms with Gasteiger partial charge in [0.05, 0.1) is 5.54 Å². The molecule has 0 aliphatic rings. The summed E-state index contributed by atoms with van der Waals surface area (Å²) < 4.78 is 5.66. The number of rotatable bonds is 4. The summed E-state index contributed by atoms with van der Waals surface area (Å²) in [5.41, 5.74) is -0.401. The van der Waals surface area contributed by atoms with Crippen LogP contribution in [0.25, 0.3) is 0 Å². The van der Waals surface area contributed by atoms with Gasteiger partial charge >= 0.3 is 0 Å². The van der Waals surface area contributed by atoms with Crippen LogP contribution in [0.1, 0.15) is 24.2 Å². The zero-order valence-corrected chi connectivity index (χ0v) is 12.0. The molecule has 1 heterocycles. The smallest absolute Gasteiger partial charge is 0.257 e. The average molecular weight is 280 g/mol. The number of para-hydroxylation sites is 1. The molecule has 0 aliphatic heterocycles. The van der Waals surface area contributed by atoms with Crippen LogP contribution in [0.3, 0.4) is 0 Å². The summed E-state index contributed by atoms with van der Waals surface area (Å²) in [5.74, 6) is 3.05. The third-order valence-electron chi connectivity index (χ3n) is 2.76. The first-order valence-electron chi connectivity index (χ1n) is 6.50. The van der Waals surface area contributed by atoms with Gasteiger partial charge in [0.15, 0.2) is 0 Å². The molecule has 0 saturated carbocycles. The summed E-state index contributed by atoms with van der Waals surface area (Å²) in [4.78, 5) is 16.4. The number of carbonyl (C=O) groups is 1. The summed E-state index contributed by atoms with van der Waals surface area (Å²) in [7, 11) is 0. The first-order valence-corrected chi connectivity index (χ1v) is 6.50. The molecule has 0 spiro atoms. The van der Waals surface area contributed by atoms with Gasteiger partial charge in [0.1, 0.15) is 11.3 Å². The molecule has 0 aliphatic carbocycles. The summed E-state index contributed by atoms with van der Waals surface area (Å²) in [5, 5.41) is 2.75. The molecular formula is C17H16N2O2. The van der Waals surface area contributed by atoms with Gasteiger partial charge in [-0.15, -0.1) is 6.42 Å². The maximum absolute atomic E-state index is 12.3. The van der Waals surface area contributed by atoms with Crippen LogP contribution in [0, 0.1) is 12.3 Å². The minimum atomic E-state index is -0.739. The summed E-state index contributed by atoms with van der Waals surface area (Å²) in [6.45, 7) is 3.50. The standard InChI is InChI=1S/C17H16N2O2/c1-4-17(2,3)19-15(20)14-11-8-12-18-16(14)21-13-9-6-5-7-10-13/h1,5-12H,2-3H3,(H,19,20). The lowest BCUT2D eigenvalue weighted by Crippen LogP contribution is -2.42. The number of terminal acetylenes is 1. The van der Waals surface area contributed by atoms with Crippen LogP contribution in [0.5, 0.6) is 11.6 Å². The van der Waals surface area contributed by atoms with Gasteiger partial charge in [-0.25, -0.2) is 4.98 Å². The maximum atomic E-state index is 12.3. The molecule has 0 fully saturated rings. The van der Waals surface area contributed by atoms with Gasteiger partial charge in [-0.05, 0) is 38.1 Å². The number of amides is 1. The van der Waals surface area contributed by atoms with Gasteiger partial charge in [-0.3, -0.25) is 4.79 Å². The molecule has 1 aromatic heterocycles. The van der Waals surface area contributed by atoms with Crippen molar-refractivity contribution in [3.63, 3.8) is 0 Å². The van der Waals surface area contributed by atoms with E-state index in [0.717, 1.165) is 0 Å². The van der Waals surface area contributed by atoms with Gasteiger partial charge in [-0.2, -0.15) is 0 Å². The quantitative estimate of drug-likeness (QED) is 0.876. The fourth-order valence-corrected chi connectivity index (χ4v) is 1.63. The van der Waals surface area contributed by atoms with Gasteiger partial charge in [-0.1, -0.05) is 24.1 Å². The molecule has 106 valence electrons. The number of pyridine rings is 1. The predicted molar refractivity (Wildman–Crippen MR) is 81.1 cm³/mol. The number of hydrogen-bond acceptors (Lipinski definition) is 3. The van der Waals surface area contributed by atoms with Crippen molar-refractivity contribution in [2.24, 2.45) is 0 Å². The summed E-state index contributed by atoms with van der Waals surface area (Å²) in [6.07, 6.45) is 6.95. The van der Waals surface area contributed by atoms with Crippen LogP contribution in [0.4, 0.5) is 0 Å². The fourth-order valence-electron chi connectivity index (χ4n) is 1.63. The Morgan fingerprint density at radius 2 is 1.95 bits per heavy atom. The Morgan fingerprint density at radius 1 is 1.24 bits per heavy atom. The second-order valence-corrected chi connectivity index (χ2v) is 4.99. The van der Waals surface area contributed by atoms with E-state index in [9.17, 15) is 4.79 Å². The maximum Gasteiger partial charge on any atom is 0.257 e. The molecule has 0 atom stereocenters. The van der Waals surface area contributed by atoms with E-state index < -0.39 is 5.54 Å². The van der Waals surface area contributed by atoms with Crippen molar-refractivity contribution in [3.05, 3.63) is 54.2 Å². The largest absolute Gasteiger partial charge is 0.438 e. The SMILES string of the molecule is C#CC(C)(C)NC(=O)c1cccnc1Oc1ccccc1. The lowest BCUT2D eigenvalue weighted by Gasteiger charge is -2.20. The second kappa shape index (κ2) is 6.10. The van der Waals surface area contributed by atoms with Gasteiger partial charge in [0.25, 0.3) is 5.91 Å². The Hall–Kier alpha value is -2.80. The van der Waals surface area contributed by atoms with E-state index in [1.54, 1.807) is 44.3 Å². The molecule has 1 N–H and O–H groups in total. The number of nitrogens with one attached hydrogen (secondary N) is 1. The zero-order valence-electron chi connectivity index (χ0n) is 12.0. The minimum Gasteiger partial charge on any atom is -0.438 e. The highest BCUT2D eigenvalue weighted by atomic mass is 16.5. The first-order chi connectivity index (χ1) is 10.0. The Bertz CT molecular complexity index is 673. The topological polar surface area (TPSA) is 51.2 Å². The third-order valence-corrected chi connectivity index (χ3v) is 2.76. The van der Waals surface area contributed by atoms with Crippen molar-refractivity contribution in [1.82, 2.24) is 10.3 Å². The lowest BCUT2D eigenvalue weighted by molar-refractivity contribution is 0.0927. The van der Waals surface area contributed by atoms with Gasteiger partial charge in [0.2, 0.25) is 5.88 Å². The van der Waals surface area contributed by atoms with Crippen LogP contribution < -0.4 is 10.1 Å². The van der Waals surface area contributed by atoms with Gasteiger partial charge in [0, 0.05) is 6.20 Å². The van der Waals surface area contributed by atoms with Crippen molar-refractivity contribution < 1.29 is 9.53 Å². The number of ether oxygens (including phenoxy) is 1. The van der Waals surface area contributed by atoms with E-state index in [-0.39, 0.29) is 11.8 Å². The van der Waals surface area contributed by atoms with E-state index >= 15 is 0 Å². The predicted octanol–water partition coefficient (Wildman–Crippen LogP) is 3.02. The monoisotopic (exact) mass is 280 g/mol. The van der Waals surface area contributed by atoms with Gasteiger partial charge < -0.3 is 10.1 Å². The minimum absolute atomic E-state index is 0.244. The number of carbonyl (C=O) groups excluding carboxylic acids is 1. The third kappa shape index (κ3) is 3.83. The molecule has 1 aromatic carbocycles. The van der Waals surface area contributed by atoms with E-state index in [0.29, 0.717) is 11.3 Å². The first kappa shape index (κ1) is 14.6. The molecule has 0 unspecified atom stereocenters. The van der Waals surface area contributed by atoms with Crippen molar-refractivity contribution in [2.75, 3.05) is 0 Å². The molecule has 21 heavy (non-hydrogen) atoms. The van der Waals surface area contributed by atoms with E-state index in [2.05, 4.69) is 16.2 Å². The Kier molecular flexibility index (Phi) is 4.24. The summed E-state index contributed by atoms with van der Waals surface area (Å²) in [6, 6.07) is 12.5. The molecule has 0 saturated heterocycles. The number of hydrogen-bond donors (Lipinski definition) is 1. The highest BCUT2D eigenvalue weighted by Gasteiger charge is 2.21. The molecule has 2 aromatic rings. The molecule has 2 rings (SSSR count). The zero-order chi connectivity index (χ0) is 15.3. The molecular weight excluding hydrogens is 264 g/mol. The van der Waals surface area contributed by atoms with Crippen molar-refractivity contribution in [1.29, 1.82) is 0 Å². The van der Waals surface area contributed by atoms with Crippen LogP contribution in [0.2, 0.25) is 0 Å². The summed E-state index contributed by atoms with van der Waals surface area (Å²) >= 11 is 0. The molecule has 0 bridgehead atoms. The Labute approximate surface area is 124 Å². The van der Waals surface area contributed by atoms with Crippen molar-refractivity contribution >= 4 is 5.91 Å². The normalized spacial score (nSPS) is 10.5. The lowest BCUT2D eigenvalue weighted by atomic mass is 10.1. The van der Waals surface area contributed by atoms with Crippen LogP contribution in [-0.2, 0) is 0 Å². The average Bonchev–Trinajstić information content (AvgIpc) is 2.48. The number of benzene rings is 1. The Balaban J connectivity index is 2.25. The number of aromatic nitrogens is 1. The fraction of sp³-hybridized carbons (Fsp3) is 0.176. The van der Waals surface area contributed by atoms with Crippen LogP contribution >= 0.6 is 0 Å².